The Kier molecular flexibility index (Phi) is 6.24. The molecule has 3 aliphatic rings. The molecular formula is C27H30N6O5. The van der Waals surface area contributed by atoms with E-state index in [1.807, 2.05) is 29.1 Å². The molecule has 4 N–H and O–H groups in total. The average molecular weight is 519 g/mol. The number of nitrogens with two attached hydrogens (primary N) is 1. The highest BCUT2D eigenvalue weighted by Crippen LogP contribution is 2.46. The smallest absolute Gasteiger partial charge is 0.252 e. The number of primary amides is 1. The molecule has 0 bridgehead atoms. The summed E-state index contributed by atoms with van der Waals surface area (Å²) in [7, 11) is 1.59. The predicted octanol–water partition coefficient (Wildman–Crippen LogP) is 3.61. The van der Waals surface area contributed by atoms with Crippen molar-refractivity contribution in [2.24, 2.45) is 11.7 Å². The molecule has 6 rings (SSSR count). The van der Waals surface area contributed by atoms with Crippen LogP contribution in [0.1, 0.15) is 48.5 Å². The van der Waals surface area contributed by atoms with Gasteiger partial charge in [0.15, 0.2) is 5.79 Å². The molecule has 1 aromatic carbocycles. The van der Waals surface area contributed by atoms with Gasteiger partial charge in [-0.1, -0.05) is 12.1 Å². The number of carbonyl (C=O) groups excluding carboxylic acids is 2. The molecule has 2 saturated carbocycles. The van der Waals surface area contributed by atoms with Crippen molar-refractivity contribution in [2.75, 3.05) is 31.0 Å². The van der Waals surface area contributed by atoms with Crippen LogP contribution in [0.4, 0.5) is 17.2 Å². The zero-order valence-electron chi connectivity index (χ0n) is 21.1. The van der Waals surface area contributed by atoms with Gasteiger partial charge in [-0.3, -0.25) is 14.3 Å². The number of rotatable bonds is 8. The van der Waals surface area contributed by atoms with Gasteiger partial charge in [-0.2, -0.15) is 5.10 Å². The number of aromatic nitrogens is 3. The summed E-state index contributed by atoms with van der Waals surface area (Å²) in [6, 6.07) is 7.28. The van der Waals surface area contributed by atoms with E-state index in [-0.39, 0.29) is 23.4 Å². The highest BCUT2D eigenvalue weighted by molar-refractivity contribution is 6.01. The van der Waals surface area contributed by atoms with Crippen molar-refractivity contribution in [1.29, 1.82) is 0 Å². The minimum atomic E-state index is -0.640. The summed E-state index contributed by atoms with van der Waals surface area (Å²) in [4.78, 5) is 28.6. The highest BCUT2D eigenvalue weighted by Gasteiger charge is 2.49. The summed E-state index contributed by atoms with van der Waals surface area (Å²) in [6.45, 7) is 1.20. The molecule has 0 unspecified atom stereocenters. The normalized spacial score (nSPS) is 20.0. The van der Waals surface area contributed by atoms with Crippen molar-refractivity contribution in [2.45, 2.75) is 43.9 Å². The minimum absolute atomic E-state index is 0.00488. The van der Waals surface area contributed by atoms with E-state index in [1.54, 1.807) is 19.4 Å². The van der Waals surface area contributed by atoms with Crippen LogP contribution < -0.4 is 21.1 Å². The van der Waals surface area contributed by atoms with Crippen LogP contribution in [0.5, 0.6) is 5.75 Å². The van der Waals surface area contributed by atoms with E-state index >= 15 is 0 Å². The third-order valence-electron chi connectivity index (χ3n) is 7.38. The third kappa shape index (κ3) is 4.48. The molecule has 3 heterocycles. The van der Waals surface area contributed by atoms with Gasteiger partial charge < -0.3 is 30.6 Å². The number of ether oxygens (including phenoxy) is 3. The van der Waals surface area contributed by atoms with Crippen molar-refractivity contribution >= 4 is 29.0 Å². The molecular weight excluding hydrogens is 488 g/mol. The molecule has 38 heavy (non-hydrogen) atoms. The van der Waals surface area contributed by atoms with E-state index in [0.717, 1.165) is 43.2 Å². The van der Waals surface area contributed by atoms with Crippen LogP contribution in [0, 0.1) is 5.92 Å². The first-order valence-electron chi connectivity index (χ1n) is 12.8. The maximum atomic E-state index is 12.2. The van der Waals surface area contributed by atoms with Crippen LogP contribution in [-0.2, 0) is 14.3 Å². The molecule has 2 aromatic heterocycles. The standard InChI is InChI=1S/C27H30N6O5/c1-36-24-18(17-13-30-33(15-17)22-6-3-9-27(22)37-10-11-38-27)4-2-5-20(24)31-21-12-23(29-14-19(21)25(28)34)32-26(35)16-7-8-16/h2,4-5,12-16,22H,3,6-11H2,1H3,(H2,28,34)(H2,29,31,32,35)/t22-/m0/s1. The van der Waals surface area contributed by atoms with Gasteiger partial charge in [-0.05, 0) is 31.7 Å². The lowest BCUT2D eigenvalue weighted by molar-refractivity contribution is -0.177. The molecule has 2 aliphatic carbocycles. The van der Waals surface area contributed by atoms with Crippen LogP contribution in [0.2, 0.25) is 0 Å². The van der Waals surface area contributed by atoms with Crippen molar-refractivity contribution in [3.05, 3.63) is 48.4 Å². The van der Waals surface area contributed by atoms with Gasteiger partial charge >= 0.3 is 0 Å². The van der Waals surface area contributed by atoms with Crippen LogP contribution in [-0.4, -0.2) is 52.7 Å². The number of carbonyl (C=O) groups is 2. The van der Waals surface area contributed by atoms with Crippen LogP contribution in [0.15, 0.2) is 42.9 Å². The number of hydrogen-bond donors (Lipinski definition) is 3. The number of nitrogens with zero attached hydrogens (tertiary/aromatic N) is 3. The van der Waals surface area contributed by atoms with Crippen molar-refractivity contribution in [1.82, 2.24) is 14.8 Å². The molecule has 3 fully saturated rings. The van der Waals surface area contributed by atoms with E-state index in [0.29, 0.717) is 36.2 Å². The molecule has 0 radical (unpaired) electrons. The molecule has 1 atom stereocenters. The quantitative estimate of drug-likeness (QED) is 0.410. The van der Waals surface area contributed by atoms with Crippen LogP contribution in [0.25, 0.3) is 11.1 Å². The Hall–Kier alpha value is -3.96. The second-order valence-corrected chi connectivity index (χ2v) is 9.88. The number of benzene rings is 1. The SMILES string of the molecule is COc1c(Nc2cc(NC(=O)C3CC3)ncc2C(N)=O)cccc1-c1cnn([C@H]2CCCC23OCCO3)c1. The number of para-hydroxylation sites is 1. The Morgan fingerprint density at radius 2 is 1.97 bits per heavy atom. The maximum Gasteiger partial charge on any atom is 0.252 e. The Morgan fingerprint density at radius 1 is 1.16 bits per heavy atom. The van der Waals surface area contributed by atoms with Gasteiger partial charge in [0.1, 0.15) is 17.6 Å². The van der Waals surface area contributed by atoms with E-state index in [9.17, 15) is 9.59 Å². The summed E-state index contributed by atoms with van der Waals surface area (Å²) >= 11 is 0. The fourth-order valence-electron chi connectivity index (χ4n) is 5.34. The Labute approximate surface area is 219 Å². The molecule has 2 amide bonds. The first kappa shape index (κ1) is 24.4. The maximum absolute atomic E-state index is 12.2. The lowest BCUT2D eigenvalue weighted by Crippen LogP contribution is -2.36. The van der Waals surface area contributed by atoms with E-state index < -0.39 is 11.7 Å². The van der Waals surface area contributed by atoms with Crippen molar-refractivity contribution in [3.8, 4) is 16.9 Å². The second-order valence-electron chi connectivity index (χ2n) is 9.88. The summed E-state index contributed by atoms with van der Waals surface area (Å²) in [5, 5.41) is 10.7. The zero-order chi connectivity index (χ0) is 26.3. The fourth-order valence-corrected chi connectivity index (χ4v) is 5.34. The molecule has 11 nitrogen and oxygen atoms in total. The Balaban J connectivity index is 1.30. The fraction of sp³-hybridized carbons (Fsp3) is 0.407. The minimum Gasteiger partial charge on any atom is -0.494 e. The molecule has 3 aromatic rings. The second kappa shape index (κ2) is 9.73. The topological polar surface area (TPSA) is 143 Å². The first-order valence-corrected chi connectivity index (χ1v) is 12.8. The number of pyridine rings is 1. The Morgan fingerprint density at radius 3 is 2.71 bits per heavy atom. The molecule has 1 spiro atoms. The van der Waals surface area contributed by atoms with Gasteiger partial charge in [-0.25, -0.2) is 4.98 Å². The lowest BCUT2D eigenvalue weighted by atomic mass is 10.1. The lowest BCUT2D eigenvalue weighted by Gasteiger charge is -2.29. The van der Waals surface area contributed by atoms with Crippen molar-refractivity contribution in [3.63, 3.8) is 0 Å². The molecule has 1 aliphatic heterocycles. The largest absolute Gasteiger partial charge is 0.494 e. The number of anilines is 3. The highest BCUT2D eigenvalue weighted by atomic mass is 16.7. The summed E-state index contributed by atoms with van der Waals surface area (Å²) in [5.74, 6) is -0.393. The molecule has 1 saturated heterocycles. The van der Waals surface area contributed by atoms with Gasteiger partial charge in [0, 0.05) is 41.9 Å². The zero-order valence-corrected chi connectivity index (χ0v) is 21.1. The summed E-state index contributed by atoms with van der Waals surface area (Å²) < 4.78 is 19.8. The molecule has 11 heteroatoms. The van der Waals surface area contributed by atoms with Crippen molar-refractivity contribution < 1.29 is 23.8 Å². The van der Waals surface area contributed by atoms with Crippen LogP contribution >= 0.6 is 0 Å². The number of nitrogens with one attached hydrogen (secondary N) is 2. The van der Waals surface area contributed by atoms with E-state index in [4.69, 9.17) is 19.9 Å². The van der Waals surface area contributed by atoms with Gasteiger partial charge in [0.2, 0.25) is 5.91 Å². The third-order valence-corrected chi connectivity index (χ3v) is 7.38. The number of amides is 2. The number of hydrogen-bond acceptors (Lipinski definition) is 8. The van der Waals surface area contributed by atoms with Gasteiger partial charge in [0.05, 0.1) is 43.5 Å². The molecule has 198 valence electrons. The van der Waals surface area contributed by atoms with Gasteiger partial charge in [-0.15, -0.1) is 0 Å². The summed E-state index contributed by atoms with van der Waals surface area (Å²) in [5.41, 5.74) is 8.52. The Bertz CT molecular complexity index is 1370. The monoisotopic (exact) mass is 518 g/mol. The van der Waals surface area contributed by atoms with Gasteiger partial charge in [0.25, 0.3) is 5.91 Å². The summed E-state index contributed by atoms with van der Waals surface area (Å²) in [6.07, 6.45) is 9.69. The van der Waals surface area contributed by atoms with E-state index in [1.165, 1.54) is 6.20 Å². The van der Waals surface area contributed by atoms with Crippen LogP contribution in [0.3, 0.4) is 0 Å². The predicted molar refractivity (Wildman–Crippen MR) is 139 cm³/mol. The average Bonchev–Trinajstić information content (AvgIpc) is 3.28. The number of methoxy groups -OCH3 is 1. The van der Waals surface area contributed by atoms with E-state index in [2.05, 4.69) is 20.7 Å². The first-order chi connectivity index (χ1) is 18.5.